The zero-order valence-electron chi connectivity index (χ0n) is 10.5. The maximum Gasteiger partial charge on any atom is 0.347 e. The van der Waals surface area contributed by atoms with Crippen molar-refractivity contribution in [1.29, 1.82) is 0 Å². The predicted molar refractivity (Wildman–Crippen MR) is 73.3 cm³/mol. The summed E-state index contributed by atoms with van der Waals surface area (Å²) in [5.41, 5.74) is 5.93. The summed E-state index contributed by atoms with van der Waals surface area (Å²) >= 11 is 0. The molecule has 1 aliphatic rings. The van der Waals surface area contributed by atoms with Crippen LogP contribution in [0, 0.1) is 0 Å². The molecule has 1 aromatic carbocycles. The van der Waals surface area contributed by atoms with Crippen LogP contribution in [0.25, 0.3) is 10.9 Å². The lowest BCUT2D eigenvalue weighted by molar-refractivity contribution is 0.162. The number of rotatable bonds is 2. The number of aromatic amines is 1. The Morgan fingerprint density at radius 2 is 2.11 bits per heavy atom. The average molecular weight is 260 g/mol. The zero-order valence-corrected chi connectivity index (χ0v) is 10.5. The fraction of sp³-hybridized carbons (Fsp3) is 0.385. The van der Waals surface area contributed by atoms with Crippen LogP contribution in [0.1, 0.15) is 12.8 Å². The van der Waals surface area contributed by atoms with E-state index in [9.17, 15) is 4.79 Å². The van der Waals surface area contributed by atoms with Crippen molar-refractivity contribution in [3.63, 3.8) is 0 Å². The molecule has 1 saturated heterocycles. The van der Waals surface area contributed by atoms with Crippen LogP contribution >= 0.6 is 0 Å². The van der Waals surface area contributed by atoms with E-state index in [4.69, 9.17) is 10.5 Å². The molecule has 0 radical (unpaired) electrons. The van der Waals surface area contributed by atoms with Crippen molar-refractivity contribution in [2.24, 2.45) is 0 Å². The van der Waals surface area contributed by atoms with Crippen LogP contribution in [0.3, 0.4) is 0 Å². The van der Waals surface area contributed by atoms with Crippen LogP contribution in [0.5, 0.6) is 5.75 Å². The highest BCUT2D eigenvalue weighted by Crippen LogP contribution is 2.23. The van der Waals surface area contributed by atoms with Crippen LogP contribution in [-0.4, -0.2) is 29.2 Å². The molecule has 0 bridgehead atoms. The first kappa shape index (κ1) is 12.0. The third-order valence-electron chi connectivity index (χ3n) is 3.32. The first-order valence-corrected chi connectivity index (χ1v) is 6.39. The standard InChI is InChI=1S/C13H16N4O2/c14-12-10-2-1-9(7-11(10)16-13(18)17-12)19-8-3-5-15-6-4-8/h1-2,7-8,15H,3-6H2,(H3,14,16,17,18). The number of nitrogens with zero attached hydrogens (tertiary/aromatic N) is 1. The van der Waals surface area contributed by atoms with Crippen LogP contribution < -0.4 is 21.5 Å². The molecule has 1 fully saturated rings. The predicted octanol–water partition coefficient (Wildman–Crippen LogP) is 0.636. The molecule has 1 aromatic heterocycles. The Kier molecular flexibility index (Phi) is 3.08. The maximum atomic E-state index is 11.3. The molecule has 0 atom stereocenters. The van der Waals surface area contributed by atoms with Gasteiger partial charge in [-0.15, -0.1) is 0 Å². The number of piperidine rings is 1. The molecule has 0 saturated carbocycles. The highest BCUT2D eigenvalue weighted by molar-refractivity contribution is 5.88. The molecule has 0 unspecified atom stereocenters. The van der Waals surface area contributed by atoms with Crippen molar-refractivity contribution in [3.8, 4) is 5.75 Å². The second kappa shape index (κ2) is 4.89. The number of ether oxygens (including phenoxy) is 1. The molecule has 19 heavy (non-hydrogen) atoms. The summed E-state index contributed by atoms with van der Waals surface area (Å²) in [4.78, 5) is 17.6. The van der Waals surface area contributed by atoms with Crippen molar-refractivity contribution in [3.05, 3.63) is 28.7 Å². The van der Waals surface area contributed by atoms with Crippen molar-refractivity contribution in [2.45, 2.75) is 18.9 Å². The minimum Gasteiger partial charge on any atom is -0.490 e. The van der Waals surface area contributed by atoms with Gasteiger partial charge < -0.3 is 20.8 Å². The molecule has 2 heterocycles. The largest absolute Gasteiger partial charge is 0.490 e. The van der Waals surface area contributed by atoms with Gasteiger partial charge in [0.05, 0.1) is 5.52 Å². The van der Waals surface area contributed by atoms with Crippen LogP contribution in [0.2, 0.25) is 0 Å². The molecular weight excluding hydrogens is 244 g/mol. The Morgan fingerprint density at radius 1 is 1.32 bits per heavy atom. The van der Waals surface area contributed by atoms with E-state index in [-0.39, 0.29) is 11.9 Å². The minimum atomic E-state index is -0.441. The van der Waals surface area contributed by atoms with Crippen LogP contribution in [0.15, 0.2) is 23.0 Å². The highest BCUT2D eigenvalue weighted by Gasteiger charge is 2.14. The van der Waals surface area contributed by atoms with E-state index < -0.39 is 5.69 Å². The summed E-state index contributed by atoms with van der Waals surface area (Å²) in [5.74, 6) is 0.993. The van der Waals surface area contributed by atoms with Gasteiger partial charge in [0, 0.05) is 11.5 Å². The first-order chi connectivity index (χ1) is 9.22. The number of nitrogens with one attached hydrogen (secondary N) is 2. The molecule has 2 aromatic rings. The molecule has 0 aliphatic carbocycles. The number of hydrogen-bond donors (Lipinski definition) is 3. The van der Waals surface area contributed by atoms with Crippen molar-refractivity contribution >= 4 is 16.7 Å². The van der Waals surface area contributed by atoms with Gasteiger partial charge in [0.25, 0.3) is 0 Å². The smallest absolute Gasteiger partial charge is 0.347 e. The van der Waals surface area contributed by atoms with Crippen molar-refractivity contribution < 1.29 is 4.74 Å². The number of nitrogen functional groups attached to an aromatic ring is 1. The van der Waals surface area contributed by atoms with Gasteiger partial charge in [-0.2, -0.15) is 4.98 Å². The first-order valence-electron chi connectivity index (χ1n) is 6.39. The number of fused-ring (bicyclic) bond motifs is 1. The van der Waals surface area contributed by atoms with E-state index in [1.54, 1.807) is 6.07 Å². The Hall–Kier alpha value is -2.08. The molecule has 100 valence electrons. The quantitative estimate of drug-likeness (QED) is 0.736. The minimum absolute atomic E-state index is 0.226. The molecule has 4 N–H and O–H groups in total. The summed E-state index contributed by atoms with van der Waals surface area (Å²) in [6.45, 7) is 1.96. The molecule has 1 aliphatic heterocycles. The van der Waals surface area contributed by atoms with Crippen molar-refractivity contribution in [1.82, 2.24) is 15.3 Å². The lowest BCUT2D eigenvalue weighted by atomic mass is 10.1. The van der Waals surface area contributed by atoms with E-state index in [1.165, 1.54) is 0 Å². The SMILES string of the molecule is Nc1nc(=O)[nH]c2cc(OC3CCNCC3)ccc12. The molecular formula is C13H16N4O2. The summed E-state index contributed by atoms with van der Waals surface area (Å²) in [7, 11) is 0. The Balaban J connectivity index is 1.90. The highest BCUT2D eigenvalue weighted by atomic mass is 16.5. The van der Waals surface area contributed by atoms with Crippen LogP contribution in [0.4, 0.5) is 5.82 Å². The summed E-state index contributed by atoms with van der Waals surface area (Å²) in [5, 5.41) is 4.03. The fourth-order valence-electron chi connectivity index (χ4n) is 2.34. The summed E-state index contributed by atoms with van der Waals surface area (Å²) < 4.78 is 5.92. The zero-order chi connectivity index (χ0) is 13.2. The van der Waals surface area contributed by atoms with Gasteiger partial charge in [-0.05, 0) is 38.1 Å². The second-order valence-electron chi connectivity index (χ2n) is 4.70. The third-order valence-corrected chi connectivity index (χ3v) is 3.32. The van der Waals surface area contributed by atoms with Crippen LogP contribution in [-0.2, 0) is 0 Å². The monoisotopic (exact) mass is 260 g/mol. The van der Waals surface area contributed by atoms with E-state index in [0.29, 0.717) is 5.52 Å². The lowest BCUT2D eigenvalue weighted by Gasteiger charge is -2.23. The van der Waals surface area contributed by atoms with Gasteiger partial charge in [-0.1, -0.05) is 0 Å². The van der Waals surface area contributed by atoms with Gasteiger partial charge in [0.15, 0.2) is 0 Å². The van der Waals surface area contributed by atoms with Gasteiger partial charge in [0.2, 0.25) is 0 Å². The third kappa shape index (κ3) is 2.53. The van der Waals surface area contributed by atoms with E-state index in [1.807, 2.05) is 12.1 Å². The number of H-pyrrole nitrogens is 1. The van der Waals surface area contributed by atoms with Crippen molar-refractivity contribution in [2.75, 3.05) is 18.8 Å². The number of hydrogen-bond acceptors (Lipinski definition) is 5. The number of nitrogens with two attached hydrogens (primary N) is 1. The molecule has 6 nitrogen and oxygen atoms in total. The maximum absolute atomic E-state index is 11.3. The van der Waals surface area contributed by atoms with Gasteiger partial charge in [-0.3, -0.25) is 0 Å². The Bertz CT molecular complexity index is 647. The molecule has 0 amide bonds. The number of aromatic nitrogens is 2. The fourth-order valence-corrected chi connectivity index (χ4v) is 2.34. The number of anilines is 1. The average Bonchev–Trinajstić information content (AvgIpc) is 2.39. The lowest BCUT2D eigenvalue weighted by Crippen LogP contribution is -2.34. The van der Waals surface area contributed by atoms with E-state index in [0.717, 1.165) is 37.1 Å². The Labute approximate surface area is 110 Å². The molecule has 6 heteroatoms. The summed E-state index contributed by atoms with van der Waals surface area (Å²) in [6.07, 6.45) is 2.21. The summed E-state index contributed by atoms with van der Waals surface area (Å²) in [6, 6.07) is 5.49. The normalized spacial score (nSPS) is 16.6. The van der Waals surface area contributed by atoms with Gasteiger partial charge in [0.1, 0.15) is 17.7 Å². The second-order valence-corrected chi connectivity index (χ2v) is 4.70. The van der Waals surface area contributed by atoms with Gasteiger partial charge in [-0.25, -0.2) is 4.79 Å². The van der Waals surface area contributed by atoms with E-state index >= 15 is 0 Å². The number of benzene rings is 1. The van der Waals surface area contributed by atoms with E-state index in [2.05, 4.69) is 15.3 Å². The molecule has 3 rings (SSSR count). The molecule has 0 spiro atoms. The topological polar surface area (TPSA) is 93.0 Å². The van der Waals surface area contributed by atoms with Gasteiger partial charge >= 0.3 is 5.69 Å². The Morgan fingerprint density at radius 3 is 2.89 bits per heavy atom.